The van der Waals surface area contributed by atoms with Crippen molar-refractivity contribution in [2.75, 3.05) is 0 Å². The van der Waals surface area contributed by atoms with Gasteiger partial charge in [0.2, 0.25) is 0 Å². The highest BCUT2D eigenvalue weighted by Crippen LogP contribution is 2.28. The fraction of sp³-hybridized carbons (Fsp3) is 0.778. The number of aliphatic hydroxyl groups is 2. The van der Waals surface area contributed by atoms with Crippen molar-refractivity contribution in [3.8, 4) is 0 Å². The van der Waals surface area contributed by atoms with Crippen molar-refractivity contribution in [1.82, 2.24) is 0 Å². The zero-order valence-electron chi connectivity index (χ0n) is 7.69. The maximum absolute atomic E-state index is 9.55. The summed E-state index contributed by atoms with van der Waals surface area (Å²) in [5.41, 5.74) is -0.162. The van der Waals surface area contributed by atoms with Crippen molar-refractivity contribution in [2.45, 2.75) is 39.1 Å². The van der Waals surface area contributed by atoms with Crippen LogP contribution < -0.4 is 0 Å². The summed E-state index contributed by atoms with van der Waals surface area (Å²) >= 11 is 0. The molecule has 0 bridgehead atoms. The van der Waals surface area contributed by atoms with E-state index >= 15 is 0 Å². The van der Waals surface area contributed by atoms with Gasteiger partial charge in [-0.15, -0.1) is 0 Å². The highest BCUT2D eigenvalue weighted by molar-refractivity contribution is 4.99. The first-order valence-electron chi connectivity index (χ1n) is 4.11. The fourth-order valence-electron chi connectivity index (χ4n) is 1.30. The van der Waals surface area contributed by atoms with Gasteiger partial charge in [0, 0.05) is 5.41 Å². The molecule has 0 aromatic carbocycles. The van der Waals surface area contributed by atoms with Gasteiger partial charge in [-0.05, 0) is 6.08 Å². The van der Waals surface area contributed by atoms with E-state index < -0.39 is 12.2 Å². The van der Waals surface area contributed by atoms with Gasteiger partial charge in [0.25, 0.3) is 0 Å². The highest BCUT2D eigenvalue weighted by Gasteiger charge is 2.37. The third kappa shape index (κ3) is 1.79. The van der Waals surface area contributed by atoms with E-state index in [4.69, 9.17) is 4.74 Å². The van der Waals surface area contributed by atoms with Crippen LogP contribution in [0.25, 0.3) is 0 Å². The molecule has 0 amide bonds. The molecule has 3 heteroatoms. The van der Waals surface area contributed by atoms with Crippen molar-refractivity contribution in [1.29, 1.82) is 0 Å². The third-order valence-electron chi connectivity index (χ3n) is 2.01. The predicted octanol–water partition coefficient (Wildman–Crippen LogP) is 0.667. The molecule has 0 aromatic heterocycles. The Morgan fingerprint density at radius 3 is 2.25 bits per heavy atom. The van der Waals surface area contributed by atoms with Gasteiger partial charge in [0.1, 0.15) is 18.3 Å². The topological polar surface area (TPSA) is 49.7 Å². The molecule has 70 valence electrons. The van der Waals surface area contributed by atoms with Crippen molar-refractivity contribution >= 4 is 0 Å². The average Bonchev–Trinajstić information content (AvgIpc) is 1.92. The molecule has 3 nitrogen and oxygen atoms in total. The van der Waals surface area contributed by atoms with Crippen LogP contribution in [0.3, 0.4) is 0 Å². The second-order valence-corrected chi connectivity index (χ2v) is 4.23. The number of hydrogen-bond acceptors (Lipinski definition) is 3. The minimum atomic E-state index is -0.824. The van der Waals surface area contributed by atoms with Crippen molar-refractivity contribution in [3.63, 3.8) is 0 Å². The SMILES string of the molecule is CC(C)(C)[C@@H]1OC=C[C@@H](O)C1O. The van der Waals surface area contributed by atoms with E-state index in [1.165, 1.54) is 12.3 Å². The van der Waals surface area contributed by atoms with Crippen LogP contribution in [-0.2, 0) is 4.74 Å². The standard InChI is InChI=1S/C9H16O3/c1-9(2,3)8-7(11)6(10)4-5-12-8/h4-8,10-11H,1-3H3/t6-,7?,8-/m1/s1. The Morgan fingerprint density at radius 1 is 1.25 bits per heavy atom. The van der Waals surface area contributed by atoms with E-state index in [1.54, 1.807) is 0 Å². The molecule has 0 saturated carbocycles. The molecule has 0 saturated heterocycles. The Bertz CT molecular complexity index is 181. The number of ether oxygens (including phenoxy) is 1. The molecule has 0 aliphatic carbocycles. The minimum Gasteiger partial charge on any atom is -0.495 e. The second-order valence-electron chi connectivity index (χ2n) is 4.23. The molecular formula is C9H16O3. The summed E-state index contributed by atoms with van der Waals surface area (Å²) in [6, 6.07) is 0. The molecule has 1 aliphatic rings. The largest absolute Gasteiger partial charge is 0.495 e. The van der Waals surface area contributed by atoms with Crippen molar-refractivity contribution < 1.29 is 14.9 Å². The van der Waals surface area contributed by atoms with Crippen molar-refractivity contribution in [3.05, 3.63) is 12.3 Å². The number of rotatable bonds is 0. The van der Waals surface area contributed by atoms with Crippen LogP contribution in [-0.4, -0.2) is 28.5 Å². The van der Waals surface area contributed by atoms with Gasteiger partial charge in [0.15, 0.2) is 0 Å². The lowest BCUT2D eigenvalue weighted by Crippen LogP contribution is -2.47. The van der Waals surface area contributed by atoms with E-state index in [9.17, 15) is 10.2 Å². The van der Waals surface area contributed by atoms with E-state index in [1.807, 2.05) is 20.8 Å². The lowest BCUT2D eigenvalue weighted by Gasteiger charge is -2.37. The van der Waals surface area contributed by atoms with E-state index in [2.05, 4.69) is 0 Å². The summed E-state index contributed by atoms with van der Waals surface area (Å²) in [5.74, 6) is 0. The van der Waals surface area contributed by atoms with E-state index in [0.29, 0.717) is 0 Å². The first kappa shape index (κ1) is 9.55. The van der Waals surface area contributed by atoms with Crippen LogP contribution in [0.15, 0.2) is 12.3 Å². The molecule has 12 heavy (non-hydrogen) atoms. The summed E-state index contributed by atoms with van der Waals surface area (Å²) in [4.78, 5) is 0. The molecule has 0 spiro atoms. The maximum Gasteiger partial charge on any atom is 0.131 e. The summed E-state index contributed by atoms with van der Waals surface area (Å²) < 4.78 is 5.23. The van der Waals surface area contributed by atoms with Crippen LogP contribution >= 0.6 is 0 Å². The van der Waals surface area contributed by atoms with Crippen molar-refractivity contribution in [2.24, 2.45) is 5.41 Å². The summed E-state index contributed by atoms with van der Waals surface area (Å²) in [6.45, 7) is 5.90. The Balaban J connectivity index is 2.74. The molecule has 0 fully saturated rings. The zero-order valence-corrected chi connectivity index (χ0v) is 7.69. The van der Waals surface area contributed by atoms with Gasteiger partial charge in [0.05, 0.1) is 6.26 Å². The van der Waals surface area contributed by atoms with Crippen LogP contribution in [0.1, 0.15) is 20.8 Å². The lowest BCUT2D eigenvalue weighted by atomic mass is 9.83. The number of hydrogen-bond donors (Lipinski definition) is 2. The van der Waals surface area contributed by atoms with Crippen LogP contribution in [0.2, 0.25) is 0 Å². The Morgan fingerprint density at radius 2 is 1.83 bits per heavy atom. The summed E-state index contributed by atoms with van der Waals surface area (Å²) in [5, 5.41) is 18.8. The Hall–Kier alpha value is -0.540. The molecule has 0 aromatic rings. The Kier molecular flexibility index (Phi) is 2.44. The van der Waals surface area contributed by atoms with Crippen LogP contribution in [0, 0.1) is 5.41 Å². The monoisotopic (exact) mass is 172 g/mol. The van der Waals surface area contributed by atoms with E-state index in [-0.39, 0.29) is 11.5 Å². The first-order chi connectivity index (χ1) is 5.43. The second kappa shape index (κ2) is 3.07. The van der Waals surface area contributed by atoms with Crippen LogP contribution in [0.5, 0.6) is 0 Å². The first-order valence-corrected chi connectivity index (χ1v) is 4.11. The van der Waals surface area contributed by atoms with E-state index in [0.717, 1.165) is 0 Å². The van der Waals surface area contributed by atoms with Gasteiger partial charge >= 0.3 is 0 Å². The molecule has 1 aliphatic heterocycles. The minimum absolute atomic E-state index is 0.162. The maximum atomic E-state index is 9.55. The molecule has 0 radical (unpaired) electrons. The average molecular weight is 172 g/mol. The number of aliphatic hydroxyl groups excluding tert-OH is 2. The molecule has 2 N–H and O–H groups in total. The normalized spacial score (nSPS) is 36.2. The van der Waals surface area contributed by atoms with Gasteiger partial charge in [-0.25, -0.2) is 0 Å². The van der Waals surface area contributed by atoms with Gasteiger partial charge in [-0.2, -0.15) is 0 Å². The summed E-state index contributed by atoms with van der Waals surface area (Å²) in [7, 11) is 0. The quantitative estimate of drug-likeness (QED) is 0.564. The third-order valence-corrected chi connectivity index (χ3v) is 2.01. The van der Waals surface area contributed by atoms with Gasteiger partial charge < -0.3 is 14.9 Å². The van der Waals surface area contributed by atoms with Gasteiger partial charge in [-0.3, -0.25) is 0 Å². The smallest absolute Gasteiger partial charge is 0.131 e. The molecule has 3 atom stereocenters. The Labute approximate surface area is 72.7 Å². The zero-order chi connectivity index (χ0) is 9.35. The predicted molar refractivity (Wildman–Crippen MR) is 45.5 cm³/mol. The van der Waals surface area contributed by atoms with Crippen LogP contribution in [0.4, 0.5) is 0 Å². The lowest BCUT2D eigenvalue weighted by molar-refractivity contribution is -0.104. The molecular weight excluding hydrogens is 156 g/mol. The summed E-state index contributed by atoms with van der Waals surface area (Å²) in [6.07, 6.45) is 0.940. The van der Waals surface area contributed by atoms with Gasteiger partial charge in [-0.1, -0.05) is 20.8 Å². The highest BCUT2D eigenvalue weighted by atomic mass is 16.5. The molecule has 1 heterocycles. The fourth-order valence-corrected chi connectivity index (χ4v) is 1.30. The molecule has 1 unspecified atom stereocenters. The molecule has 1 rings (SSSR count).